The normalized spacial score (nSPS) is 15.4. The molecule has 0 aromatic heterocycles. The molecule has 1 N–H and O–H groups in total. The number of ether oxygens (including phenoxy) is 1. The van der Waals surface area contributed by atoms with Gasteiger partial charge in [-0.15, -0.1) is 57.9 Å². The van der Waals surface area contributed by atoms with E-state index in [-0.39, 0.29) is 51.4 Å². The van der Waals surface area contributed by atoms with E-state index in [1.807, 2.05) is 0 Å². The first kappa shape index (κ1) is 34.4. The van der Waals surface area contributed by atoms with Gasteiger partial charge in [0, 0.05) is 19.1 Å². The average molecular weight is 528 g/mol. The van der Waals surface area contributed by atoms with E-state index in [1.54, 1.807) is 11.8 Å². The van der Waals surface area contributed by atoms with Gasteiger partial charge in [-0.3, -0.25) is 4.90 Å². The van der Waals surface area contributed by atoms with Crippen LogP contribution in [0.25, 0.3) is 5.31 Å². The second-order valence-corrected chi connectivity index (χ2v) is 10.1. The maximum atomic E-state index is 5.41. The summed E-state index contributed by atoms with van der Waals surface area (Å²) in [5, 5.41) is 7.97. The number of morpholine rings is 1. The number of hydrogen-bond acceptors (Lipinski definition) is 4. The number of nitrogens with one attached hydrogen (secondary N) is 1. The van der Waals surface area contributed by atoms with Gasteiger partial charge in [0.05, 0.1) is 18.2 Å². The molecule has 1 fully saturated rings. The molecule has 1 aromatic rings. The molecule has 1 aliphatic heterocycles. The fraction of sp³-hybridized carbons (Fsp3) is 0.536. The largest absolute Gasteiger partial charge is 1.00 e. The second kappa shape index (κ2) is 21.5. The molecule has 34 heavy (non-hydrogen) atoms. The quantitative estimate of drug-likeness (QED) is 0.266. The third kappa shape index (κ3) is 16.2. The summed E-state index contributed by atoms with van der Waals surface area (Å²) >= 11 is 1.73. The Balaban J connectivity index is 0.00000258. The van der Waals surface area contributed by atoms with E-state index in [0.29, 0.717) is 6.04 Å². The van der Waals surface area contributed by atoms with Gasteiger partial charge in [-0.2, -0.15) is 27.3 Å². The fourth-order valence-corrected chi connectivity index (χ4v) is 4.21. The molecular formula is C28H45KN2OPS-. The van der Waals surface area contributed by atoms with Crippen LogP contribution in [0.2, 0.25) is 0 Å². The molecule has 0 bridgehead atoms. The van der Waals surface area contributed by atoms with E-state index in [4.69, 9.17) is 4.74 Å². The summed E-state index contributed by atoms with van der Waals surface area (Å²) in [4.78, 5) is 2.49. The molecular weight excluding hydrogens is 482 g/mol. The molecule has 186 valence electrons. The van der Waals surface area contributed by atoms with E-state index in [1.165, 1.54) is 29.0 Å². The van der Waals surface area contributed by atoms with Crippen LogP contribution in [0.5, 0.6) is 0 Å². The predicted octanol–water partition coefficient (Wildman–Crippen LogP) is 4.09. The number of rotatable bonds is 11. The van der Waals surface area contributed by atoms with E-state index < -0.39 is 0 Å². The van der Waals surface area contributed by atoms with Crippen LogP contribution in [-0.4, -0.2) is 43.8 Å². The van der Waals surface area contributed by atoms with Gasteiger partial charge in [-0.25, -0.2) is 0 Å². The van der Waals surface area contributed by atoms with E-state index in [2.05, 4.69) is 109 Å². The Bertz CT molecular complexity index is 741. The van der Waals surface area contributed by atoms with Crippen molar-refractivity contribution in [1.82, 2.24) is 10.2 Å². The predicted molar refractivity (Wildman–Crippen MR) is 152 cm³/mol. The van der Waals surface area contributed by atoms with E-state index in [0.717, 1.165) is 50.1 Å². The maximum Gasteiger partial charge on any atom is 1.00 e. The summed E-state index contributed by atoms with van der Waals surface area (Å²) in [5.74, 6) is 0. The first-order valence-corrected chi connectivity index (χ1v) is 13.7. The SMILES string of the molecule is C/C=C(\NC(C)C)S/C=C(\C)[CH-]/C=C(/P)c1[c-]cc(CCCN2CCOCC2)cc1.CCC.[K+]. The number of hydrogen-bond donors (Lipinski definition) is 1. The molecule has 0 saturated carbocycles. The standard InChI is InChI=1S/C25H37N2OPS.C3H8.K/c1-5-25(26-20(2)3)30-19-21(4)8-13-24(29)23-11-9-22(10-12-23)7-6-14-27-15-17-28-18-16-27;1-3-2;/h5,8-11,13,19-20,26H,6-7,14-18,29H2,1-4H3;3H2,1-2H3;/q-2;;+1/b21-19+,24-13+,25-5+;;. The Morgan fingerprint density at radius 1 is 1.29 bits per heavy atom. The van der Waals surface area contributed by atoms with Crippen molar-refractivity contribution in [2.24, 2.45) is 0 Å². The Kier molecular flexibility index (Phi) is 21.8. The smallest absolute Gasteiger partial charge is 0.379 e. The third-order valence-electron chi connectivity index (χ3n) is 4.82. The molecule has 1 heterocycles. The Morgan fingerprint density at radius 3 is 2.53 bits per heavy atom. The molecule has 6 heteroatoms. The monoisotopic (exact) mass is 527 g/mol. The Morgan fingerprint density at radius 2 is 1.97 bits per heavy atom. The zero-order valence-electron chi connectivity index (χ0n) is 22.6. The molecule has 0 radical (unpaired) electrons. The summed E-state index contributed by atoms with van der Waals surface area (Å²) in [7, 11) is 2.84. The van der Waals surface area contributed by atoms with Crippen LogP contribution in [0.1, 0.15) is 65.5 Å². The topological polar surface area (TPSA) is 24.5 Å². The van der Waals surface area contributed by atoms with Gasteiger partial charge in [0.25, 0.3) is 0 Å². The van der Waals surface area contributed by atoms with E-state index >= 15 is 0 Å². The van der Waals surface area contributed by atoms with Crippen molar-refractivity contribution in [2.75, 3.05) is 32.8 Å². The van der Waals surface area contributed by atoms with Crippen molar-refractivity contribution in [3.8, 4) is 0 Å². The van der Waals surface area contributed by atoms with Crippen molar-refractivity contribution in [2.45, 2.75) is 66.8 Å². The molecule has 2 rings (SSSR count). The van der Waals surface area contributed by atoms with Crippen molar-refractivity contribution < 1.29 is 56.1 Å². The average Bonchev–Trinajstić information content (AvgIpc) is 2.81. The van der Waals surface area contributed by atoms with Crippen molar-refractivity contribution in [3.63, 3.8) is 0 Å². The van der Waals surface area contributed by atoms with Crippen molar-refractivity contribution >= 4 is 26.3 Å². The molecule has 3 nitrogen and oxygen atoms in total. The van der Waals surface area contributed by atoms with Crippen molar-refractivity contribution in [3.05, 3.63) is 70.0 Å². The fourth-order valence-electron chi connectivity index (χ4n) is 3.10. The minimum Gasteiger partial charge on any atom is -0.379 e. The van der Waals surface area contributed by atoms with Crippen LogP contribution in [0.4, 0.5) is 0 Å². The summed E-state index contributed by atoms with van der Waals surface area (Å²) in [6.45, 7) is 17.8. The zero-order chi connectivity index (χ0) is 24.5. The molecule has 0 amide bonds. The number of thioether (sulfide) groups is 1. The first-order valence-electron chi connectivity index (χ1n) is 12.3. The van der Waals surface area contributed by atoms with Crippen molar-refractivity contribution in [1.29, 1.82) is 0 Å². The molecule has 0 aliphatic carbocycles. The number of nitrogens with zero attached hydrogens (tertiary/aromatic N) is 1. The molecule has 1 aliphatic rings. The van der Waals surface area contributed by atoms with Gasteiger partial charge in [0.2, 0.25) is 0 Å². The number of benzene rings is 1. The van der Waals surface area contributed by atoms with Crippen LogP contribution < -0.4 is 56.7 Å². The molecule has 1 atom stereocenters. The molecule has 1 saturated heterocycles. The molecule has 1 aromatic carbocycles. The van der Waals surface area contributed by atoms with Gasteiger partial charge >= 0.3 is 51.4 Å². The van der Waals surface area contributed by atoms with Gasteiger partial charge < -0.3 is 10.1 Å². The van der Waals surface area contributed by atoms with Crippen LogP contribution in [0.15, 0.2) is 46.4 Å². The van der Waals surface area contributed by atoms with E-state index in [9.17, 15) is 0 Å². The van der Waals surface area contributed by atoms with Crippen LogP contribution in [0.3, 0.4) is 0 Å². The summed E-state index contributed by atoms with van der Waals surface area (Å²) in [6, 6.07) is 10.4. The third-order valence-corrected chi connectivity index (χ3v) is 6.42. The molecule has 1 unspecified atom stereocenters. The summed E-state index contributed by atoms with van der Waals surface area (Å²) < 4.78 is 5.41. The van der Waals surface area contributed by atoms with Crippen LogP contribution in [-0.2, 0) is 11.2 Å². The number of allylic oxidation sites excluding steroid dienone is 3. The Hall–Kier alpha value is 0.446. The zero-order valence-corrected chi connectivity index (χ0v) is 27.7. The maximum absolute atomic E-state index is 5.41. The van der Waals surface area contributed by atoms with Crippen LogP contribution >= 0.6 is 21.0 Å². The Labute approximate surface area is 259 Å². The van der Waals surface area contributed by atoms with Gasteiger partial charge in [-0.05, 0) is 33.7 Å². The van der Waals surface area contributed by atoms with Crippen LogP contribution in [0, 0.1) is 12.5 Å². The number of aryl methyl sites for hydroxylation is 1. The minimum absolute atomic E-state index is 0. The summed E-state index contributed by atoms with van der Waals surface area (Å²) in [5.41, 5.74) is 3.71. The second-order valence-electron chi connectivity index (χ2n) is 8.60. The minimum atomic E-state index is 0. The first-order chi connectivity index (χ1) is 15.9. The molecule has 0 spiro atoms. The van der Waals surface area contributed by atoms with Gasteiger partial charge in [0.1, 0.15) is 0 Å². The van der Waals surface area contributed by atoms with Gasteiger partial charge in [0.15, 0.2) is 0 Å². The summed E-state index contributed by atoms with van der Waals surface area (Å²) in [6.07, 6.45) is 9.95. The van der Waals surface area contributed by atoms with Gasteiger partial charge in [-0.1, -0.05) is 39.7 Å².